The molecule has 0 spiro atoms. The summed E-state index contributed by atoms with van der Waals surface area (Å²) in [4.78, 5) is 19.8. The maximum Gasteiger partial charge on any atom is 0.258 e. The number of nitrogens with zero attached hydrogens (tertiary/aromatic N) is 4. The number of methoxy groups -OCH3 is 1. The molecule has 1 aliphatic rings. The van der Waals surface area contributed by atoms with E-state index in [-0.39, 0.29) is 11.9 Å². The summed E-state index contributed by atoms with van der Waals surface area (Å²) >= 11 is 0. The Bertz CT molecular complexity index is 905. The lowest BCUT2D eigenvalue weighted by atomic mass is 9.97. The van der Waals surface area contributed by atoms with Gasteiger partial charge in [-0.25, -0.2) is 9.50 Å². The molecule has 0 bridgehead atoms. The second-order valence-corrected chi connectivity index (χ2v) is 6.20. The van der Waals surface area contributed by atoms with Crippen molar-refractivity contribution in [3.63, 3.8) is 0 Å². The van der Waals surface area contributed by atoms with Gasteiger partial charge in [-0.15, -0.1) is 0 Å². The average Bonchev–Trinajstić information content (AvgIpc) is 3.15. The van der Waals surface area contributed by atoms with E-state index in [9.17, 15) is 4.79 Å². The third-order valence-electron chi connectivity index (χ3n) is 4.72. The lowest BCUT2D eigenvalue weighted by Crippen LogP contribution is -2.39. The Balaban J connectivity index is 1.69. The van der Waals surface area contributed by atoms with E-state index in [0.29, 0.717) is 11.3 Å². The second-order valence-electron chi connectivity index (χ2n) is 6.20. The fraction of sp³-hybridized carbons (Fsp3) is 0.316. The van der Waals surface area contributed by atoms with Crippen LogP contribution in [0.25, 0.3) is 5.65 Å². The highest BCUT2D eigenvalue weighted by atomic mass is 16.5. The summed E-state index contributed by atoms with van der Waals surface area (Å²) in [6.07, 6.45) is 6.64. The molecule has 0 N–H and O–H groups in total. The number of amides is 1. The van der Waals surface area contributed by atoms with Crippen LogP contribution in [0.5, 0.6) is 5.75 Å². The predicted octanol–water partition coefficient (Wildman–Crippen LogP) is 3.11. The summed E-state index contributed by atoms with van der Waals surface area (Å²) in [6.45, 7) is 0.730. The van der Waals surface area contributed by atoms with Gasteiger partial charge < -0.3 is 9.64 Å². The van der Waals surface area contributed by atoms with Crippen LogP contribution in [0.15, 0.2) is 48.8 Å². The van der Waals surface area contributed by atoms with Gasteiger partial charge in [-0.1, -0.05) is 12.1 Å². The van der Waals surface area contributed by atoms with Crippen molar-refractivity contribution in [2.45, 2.75) is 25.3 Å². The molecule has 2 aromatic heterocycles. The zero-order valence-electron chi connectivity index (χ0n) is 14.1. The monoisotopic (exact) mass is 336 g/mol. The predicted molar refractivity (Wildman–Crippen MR) is 93.6 cm³/mol. The molecule has 6 nitrogen and oxygen atoms in total. The van der Waals surface area contributed by atoms with Crippen molar-refractivity contribution in [3.05, 3.63) is 60.0 Å². The number of ether oxygens (including phenoxy) is 1. The molecule has 0 radical (unpaired) electrons. The molecule has 1 saturated heterocycles. The van der Waals surface area contributed by atoms with Crippen LogP contribution in [-0.4, -0.2) is 39.1 Å². The van der Waals surface area contributed by atoms with Gasteiger partial charge in [0.2, 0.25) is 0 Å². The van der Waals surface area contributed by atoms with Crippen molar-refractivity contribution < 1.29 is 9.53 Å². The minimum absolute atomic E-state index is 0.00247. The van der Waals surface area contributed by atoms with Crippen LogP contribution in [0.1, 0.15) is 41.4 Å². The lowest BCUT2D eigenvalue weighted by molar-refractivity contribution is 0.0603. The van der Waals surface area contributed by atoms with Crippen molar-refractivity contribution in [1.82, 2.24) is 19.5 Å². The molecule has 1 fully saturated rings. The first-order chi connectivity index (χ1) is 12.3. The number of aromatic nitrogens is 3. The standard InChI is InChI=1S/C19H20N4O2/c1-25-17-8-3-2-6-14(17)19(24)22-12-5-4-7-16(22)15-10-13-23-18(21-15)9-11-20-23/h2-3,6,8-11,13,16H,4-5,7,12H2,1H3/t16-/m0/s1. The molecule has 25 heavy (non-hydrogen) atoms. The summed E-state index contributed by atoms with van der Waals surface area (Å²) in [6, 6.07) is 11.2. The van der Waals surface area contributed by atoms with Crippen molar-refractivity contribution in [3.8, 4) is 5.75 Å². The fourth-order valence-corrected chi connectivity index (χ4v) is 3.47. The molecule has 128 valence electrons. The van der Waals surface area contributed by atoms with Gasteiger partial charge in [0.05, 0.1) is 30.6 Å². The van der Waals surface area contributed by atoms with E-state index < -0.39 is 0 Å². The highest BCUT2D eigenvalue weighted by Crippen LogP contribution is 2.32. The van der Waals surface area contributed by atoms with Gasteiger partial charge in [0.25, 0.3) is 5.91 Å². The van der Waals surface area contributed by atoms with Gasteiger partial charge in [-0.05, 0) is 37.5 Å². The number of carbonyl (C=O) groups excluding carboxylic acids is 1. The number of carbonyl (C=O) groups is 1. The molecule has 0 aliphatic carbocycles. The van der Waals surface area contributed by atoms with E-state index in [4.69, 9.17) is 9.72 Å². The van der Waals surface area contributed by atoms with Gasteiger partial charge in [0.1, 0.15) is 5.75 Å². The summed E-state index contributed by atoms with van der Waals surface area (Å²) in [7, 11) is 1.59. The van der Waals surface area contributed by atoms with E-state index in [2.05, 4.69) is 5.10 Å². The summed E-state index contributed by atoms with van der Waals surface area (Å²) < 4.78 is 7.11. The maximum absolute atomic E-state index is 13.2. The molecular weight excluding hydrogens is 316 g/mol. The molecule has 1 aromatic carbocycles. The largest absolute Gasteiger partial charge is 0.496 e. The van der Waals surface area contributed by atoms with Crippen LogP contribution in [0, 0.1) is 0 Å². The first-order valence-corrected chi connectivity index (χ1v) is 8.52. The zero-order chi connectivity index (χ0) is 17.2. The van der Waals surface area contributed by atoms with Crippen LogP contribution in [0.2, 0.25) is 0 Å². The van der Waals surface area contributed by atoms with Gasteiger partial charge in [0, 0.05) is 18.8 Å². The van der Waals surface area contributed by atoms with Gasteiger partial charge in [0.15, 0.2) is 5.65 Å². The molecule has 3 heterocycles. The van der Waals surface area contributed by atoms with E-state index in [1.807, 2.05) is 47.5 Å². The number of hydrogen-bond donors (Lipinski definition) is 0. The quantitative estimate of drug-likeness (QED) is 0.737. The number of para-hydroxylation sites is 1. The molecule has 3 aromatic rings. The van der Waals surface area contributed by atoms with Crippen LogP contribution >= 0.6 is 0 Å². The number of hydrogen-bond acceptors (Lipinski definition) is 4. The van der Waals surface area contributed by atoms with Crippen molar-refractivity contribution in [1.29, 1.82) is 0 Å². The second kappa shape index (κ2) is 6.55. The maximum atomic E-state index is 13.2. The Kier molecular flexibility index (Phi) is 4.09. The topological polar surface area (TPSA) is 59.7 Å². The van der Waals surface area contributed by atoms with E-state index in [1.54, 1.807) is 17.8 Å². The lowest BCUT2D eigenvalue weighted by Gasteiger charge is -2.35. The van der Waals surface area contributed by atoms with Crippen molar-refractivity contribution in [2.75, 3.05) is 13.7 Å². The molecule has 0 unspecified atom stereocenters. The molecule has 6 heteroatoms. The number of piperidine rings is 1. The van der Waals surface area contributed by atoms with E-state index >= 15 is 0 Å². The number of likely N-dealkylation sites (tertiary alicyclic amines) is 1. The Morgan fingerprint density at radius 1 is 1.20 bits per heavy atom. The molecule has 1 aliphatic heterocycles. The van der Waals surface area contributed by atoms with Crippen molar-refractivity contribution >= 4 is 11.6 Å². The number of fused-ring (bicyclic) bond motifs is 1. The minimum atomic E-state index is -0.0222. The molecular formula is C19H20N4O2. The third-order valence-corrected chi connectivity index (χ3v) is 4.72. The first kappa shape index (κ1) is 15.6. The van der Waals surface area contributed by atoms with E-state index in [1.165, 1.54) is 0 Å². The number of benzene rings is 1. The molecule has 1 atom stereocenters. The van der Waals surface area contributed by atoms with Gasteiger partial charge in [-0.2, -0.15) is 5.10 Å². The Labute approximate surface area is 146 Å². The normalized spacial score (nSPS) is 17.6. The zero-order valence-corrected chi connectivity index (χ0v) is 14.1. The van der Waals surface area contributed by atoms with Crippen LogP contribution in [0.3, 0.4) is 0 Å². The highest BCUT2D eigenvalue weighted by Gasteiger charge is 2.31. The number of rotatable bonds is 3. The minimum Gasteiger partial charge on any atom is -0.496 e. The Morgan fingerprint density at radius 2 is 2.08 bits per heavy atom. The Hall–Kier alpha value is -2.89. The van der Waals surface area contributed by atoms with Crippen LogP contribution in [0.4, 0.5) is 0 Å². The highest BCUT2D eigenvalue weighted by molar-refractivity contribution is 5.97. The summed E-state index contributed by atoms with van der Waals surface area (Å²) in [5.74, 6) is 0.605. The molecule has 4 rings (SSSR count). The van der Waals surface area contributed by atoms with Gasteiger partial charge in [-0.3, -0.25) is 4.79 Å². The summed E-state index contributed by atoms with van der Waals surface area (Å²) in [5.41, 5.74) is 2.31. The molecule has 0 saturated carbocycles. The summed E-state index contributed by atoms with van der Waals surface area (Å²) in [5, 5.41) is 4.19. The van der Waals surface area contributed by atoms with Gasteiger partial charge >= 0.3 is 0 Å². The first-order valence-electron chi connectivity index (χ1n) is 8.52. The molecule has 1 amide bonds. The Morgan fingerprint density at radius 3 is 2.96 bits per heavy atom. The fourth-order valence-electron chi connectivity index (χ4n) is 3.47. The smallest absolute Gasteiger partial charge is 0.258 e. The van der Waals surface area contributed by atoms with Crippen molar-refractivity contribution in [2.24, 2.45) is 0 Å². The van der Waals surface area contributed by atoms with Crippen LogP contribution in [-0.2, 0) is 0 Å². The SMILES string of the molecule is COc1ccccc1C(=O)N1CCCC[C@H]1c1ccn2nccc2n1. The average molecular weight is 336 g/mol. The van der Waals surface area contributed by atoms with Crippen LogP contribution < -0.4 is 4.74 Å². The van der Waals surface area contributed by atoms with E-state index in [0.717, 1.165) is 37.1 Å². The third kappa shape index (κ3) is 2.84.